The van der Waals surface area contributed by atoms with Crippen molar-refractivity contribution in [2.45, 2.75) is 31.0 Å². The summed E-state index contributed by atoms with van der Waals surface area (Å²) in [6.45, 7) is 0.336. The number of alkyl halides is 1. The van der Waals surface area contributed by atoms with Gasteiger partial charge in [0.05, 0.1) is 13.1 Å². The maximum Gasteiger partial charge on any atom is 0.254 e. The second-order valence-corrected chi connectivity index (χ2v) is 3.69. The van der Waals surface area contributed by atoms with Crippen LogP contribution in [0, 0.1) is 0 Å². The molecule has 2 aliphatic rings. The first-order chi connectivity index (χ1) is 5.62. The highest BCUT2D eigenvalue weighted by Gasteiger charge is 2.47. The van der Waals surface area contributed by atoms with Crippen LogP contribution in [0.2, 0.25) is 0 Å². The van der Waals surface area contributed by atoms with Crippen LogP contribution in [0.4, 0.5) is 4.39 Å². The topological polar surface area (TPSA) is 40.5 Å². The van der Waals surface area contributed by atoms with Gasteiger partial charge in [-0.05, 0) is 19.3 Å². The fourth-order valence-corrected chi connectivity index (χ4v) is 1.61. The molecule has 1 saturated carbocycles. The van der Waals surface area contributed by atoms with E-state index in [1.807, 2.05) is 0 Å². The van der Waals surface area contributed by atoms with Crippen molar-refractivity contribution in [2.75, 3.05) is 13.1 Å². The first kappa shape index (κ1) is 7.98. The summed E-state index contributed by atoms with van der Waals surface area (Å²) in [4.78, 5) is 12.8. The van der Waals surface area contributed by atoms with Gasteiger partial charge < -0.3 is 10.0 Å². The van der Waals surface area contributed by atoms with Crippen molar-refractivity contribution in [1.82, 2.24) is 4.90 Å². The maximum atomic E-state index is 12.4. The van der Waals surface area contributed by atoms with Gasteiger partial charge in [0, 0.05) is 0 Å². The second kappa shape index (κ2) is 2.42. The molecule has 0 unspecified atom stereocenters. The molecule has 0 bridgehead atoms. The van der Waals surface area contributed by atoms with Crippen molar-refractivity contribution in [3.63, 3.8) is 0 Å². The molecule has 2 fully saturated rings. The molecule has 12 heavy (non-hydrogen) atoms. The third-order valence-corrected chi connectivity index (χ3v) is 2.70. The molecule has 3 nitrogen and oxygen atoms in total. The SMILES string of the molecule is O=C(N1CC(F)C1)C1(O)CCC1. The summed E-state index contributed by atoms with van der Waals surface area (Å²) in [5.74, 6) is -0.275. The van der Waals surface area contributed by atoms with E-state index in [2.05, 4.69) is 0 Å². The van der Waals surface area contributed by atoms with E-state index in [1.54, 1.807) is 0 Å². The van der Waals surface area contributed by atoms with Gasteiger partial charge in [0.1, 0.15) is 11.8 Å². The number of hydrogen-bond acceptors (Lipinski definition) is 2. The number of halogens is 1. The smallest absolute Gasteiger partial charge is 0.254 e. The molecule has 1 amide bonds. The molecule has 68 valence electrons. The molecule has 0 aromatic heterocycles. The third-order valence-electron chi connectivity index (χ3n) is 2.70. The van der Waals surface area contributed by atoms with Crippen molar-refractivity contribution < 1.29 is 14.3 Å². The van der Waals surface area contributed by atoms with Gasteiger partial charge in [-0.3, -0.25) is 4.79 Å². The lowest BCUT2D eigenvalue weighted by Gasteiger charge is -2.43. The molecule has 0 spiro atoms. The minimum absolute atomic E-state index is 0.168. The number of carbonyl (C=O) groups excluding carboxylic acids is 1. The third kappa shape index (κ3) is 1.02. The van der Waals surface area contributed by atoms with Crippen molar-refractivity contribution >= 4 is 5.91 Å². The predicted octanol–water partition coefficient (Wildman–Crippen LogP) is 0.0817. The van der Waals surface area contributed by atoms with Crippen molar-refractivity contribution in [3.05, 3.63) is 0 Å². The van der Waals surface area contributed by atoms with E-state index < -0.39 is 11.8 Å². The standard InChI is InChI=1S/C8H12FNO2/c9-6-4-10(5-6)7(11)8(12)2-1-3-8/h6,12H,1-5H2. The zero-order valence-electron chi connectivity index (χ0n) is 6.79. The van der Waals surface area contributed by atoms with E-state index in [0.29, 0.717) is 12.8 Å². The van der Waals surface area contributed by atoms with Crippen LogP contribution in [0.5, 0.6) is 0 Å². The number of rotatable bonds is 1. The van der Waals surface area contributed by atoms with E-state index in [1.165, 1.54) is 4.90 Å². The summed E-state index contributed by atoms with van der Waals surface area (Å²) in [5, 5.41) is 9.59. The highest BCUT2D eigenvalue weighted by molar-refractivity contribution is 5.86. The molecule has 1 N–H and O–H groups in total. The maximum absolute atomic E-state index is 12.4. The van der Waals surface area contributed by atoms with Crippen LogP contribution in [-0.2, 0) is 4.79 Å². The van der Waals surface area contributed by atoms with Gasteiger partial charge in [0.2, 0.25) is 0 Å². The first-order valence-electron chi connectivity index (χ1n) is 4.28. The minimum Gasteiger partial charge on any atom is -0.380 e. The fraction of sp³-hybridized carbons (Fsp3) is 0.875. The summed E-state index contributed by atoms with van der Waals surface area (Å²) < 4.78 is 12.4. The van der Waals surface area contributed by atoms with Crippen LogP contribution < -0.4 is 0 Å². The van der Waals surface area contributed by atoms with Gasteiger partial charge in [0.25, 0.3) is 5.91 Å². The molecule has 1 saturated heterocycles. The van der Waals surface area contributed by atoms with Crippen LogP contribution in [0.1, 0.15) is 19.3 Å². The monoisotopic (exact) mass is 173 g/mol. The Morgan fingerprint density at radius 1 is 1.50 bits per heavy atom. The van der Waals surface area contributed by atoms with Crippen LogP contribution in [0.3, 0.4) is 0 Å². The van der Waals surface area contributed by atoms with Gasteiger partial charge in [-0.1, -0.05) is 0 Å². The Hall–Kier alpha value is -0.640. The lowest BCUT2D eigenvalue weighted by atomic mass is 9.78. The molecule has 0 aromatic rings. The summed E-state index contributed by atoms with van der Waals surface area (Å²) in [6, 6.07) is 0. The fourth-order valence-electron chi connectivity index (χ4n) is 1.61. The zero-order chi connectivity index (χ0) is 8.77. The summed E-state index contributed by atoms with van der Waals surface area (Å²) >= 11 is 0. The van der Waals surface area contributed by atoms with Gasteiger partial charge in [-0.15, -0.1) is 0 Å². The van der Waals surface area contributed by atoms with Crippen molar-refractivity contribution in [1.29, 1.82) is 0 Å². The zero-order valence-corrected chi connectivity index (χ0v) is 6.79. The summed E-state index contributed by atoms with van der Waals surface area (Å²) in [7, 11) is 0. The van der Waals surface area contributed by atoms with Crippen LogP contribution in [0.15, 0.2) is 0 Å². The molecule has 0 radical (unpaired) electrons. The van der Waals surface area contributed by atoms with E-state index in [9.17, 15) is 14.3 Å². The average molecular weight is 173 g/mol. The number of amides is 1. The minimum atomic E-state index is -1.14. The Morgan fingerprint density at radius 2 is 2.08 bits per heavy atom. The number of hydrogen-bond donors (Lipinski definition) is 1. The normalized spacial score (nSPS) is 27.7. The Morgan fingerprint density at radius 3 is 2.42 bits per heavy atom. The highest BCUT2D eigenvalue weighted by Crippen LogP contribution is 2.34. The lowest BCUT2D eigenvalue weighted by Crippen LogP contribution is -2.61. The van der Waals surface area contributed by atoms with Gasteiger partial charge in [-0.25, -0.2) is 4.39 Å². The van der Waals surface area contributed by atoms with E-state index in [-0.39, 0.29) is 19.0 Å². The molecule has 0 atom stereocenters. The van der Waals surface area contributed by atoms with Crippen LogP contribution in [0.25, 0.3) is 0 Å². The molecular weight excluding hydrogens is 161 g/mol. The Kier molecular flexibility index (Phi) is 1.61. The summed E-state index contributed by atoms with van der Waals surface area (Å²) in [6.07, 6.45) is 1.10. The Bertz CT molecular complexity index is 209. The molecule has 4 heteroatoms. The quantitative estimate of drug-likeness (QED) is 0.610. The Balaban J connectivity index is 1.92. The van der Waals surface area contributed by atoms with E-state index in [4.69, 9.17) is 0 Å². The number of likely N-dealkylation sites (tertiary alicyclic amines) is 1. The van der Waals surface area contributed by atoms with Crippen molar-refractivity contribution in [3.8, 4) is 0 Å². The number of aliphatic hydroxyl groups is 1. The van der Waals surface area contributed by atoms with E-state index in [0.717, 1.165) is 6.42 Å². The van der Waals surface area contributed by atoms with E-state index >= 15 is 0 Å². The largest absolute Gasteiger partial charge is 0.380 e. The highest BCUT2D eigenvalue weighted by atomic mass is 19.1. The average Bonchev–Trinajstić information content (AvgIpc) is 1.93. The molecular formula is C8H12FNO2. The van der Waals surface area contributed by atoms with Crippen molar-refractivity contribution in [2.24, 2.45) is 0 Å². The molecule has 1 heterocycles. The summed E-state index contributed by atoms with van der Waals surface area (Å²) in [5.41, 5.74) is -1.14. The van der Waals surface area contributed by atoms with Gasteiger partial charge >= 0.3 is 0 Å². The lowest BCUT2D eigenvalue weighted by molar-refractivity contribution is -0.167. The molecule has 0 aromatic carbocycles. The molecule has 1 aliphatic carbocycles. The second-order valence-electron chi connectivity index (χ2n) is 3.69. The Labute approximate surface area is 70.2 Å². The van der Waals surface area contributed by atoms with Gasteiger partial charge in [0.15, 0.2) is 0 Å². The van der Waals surface area contributed by atoms with Crippen LogP contribution in [-0.4, -0.2) is 40.8 Å². The number of nitrogens with zero attached hydrogens (tertiary/aromatic N) is 1. The van der Waals surface area contributed by atoms with Gasteiger partial charge in [-0.2, -0.15) is 0 Å². The number of carbonyl (C=O) groups is 1. The van der Waals surface area contributed by atoms with Crippen LogP contribution >= 0.6 is 0 Å². The predicted molar refractivity (Wildman–Crippen MR) is 40.3 cm³/mol. The molecule has 1 aliphatic heterocycles. The first-order valence-corrected chi connectivity index (χ1v) is 4.28. The molecule has 2 rings (SSSR count).